The van der Waals surface area contributed by atoms with Crippen molar-refractivity contribution < 1.29 is 23.8 Å². The molecule has 0 bridgehead atoms. The molecular formula is C18H16FNO4. The maximum atomic E-state index is 13.5. The van der Waals surface area contributed by atoms with Gasteiger partial charge in [0.05, 0.1) is 37.0 Å². The first-order valence-corrected chi connectivity index (χ1v) is 7.52. The lowest BCUT2D eigenvalue weighted by atomic mass is 10.1. The Morgan fingerprint density at radius 1 is 1.00 bits per heavy atom. The van der Waals surface area contributed by atoms with E-state index in [1.807, 2.05) is 0 Å². The number of carbonyl (C=O) groups is 2. The molecule has 2 aromatic carbocycles. The molecule has 1 aliphatic rings. The van der Waals surface area contributed by atoms with Crippen molar-refractivity contribution in [3.63, 3.8) is 0 Å². The number of imide groups is 1. The van der Waals surface area contributed by atoms with E-state index in [-0.39, 0.29) is 25.6 Å². The third-order valence-electron chi connectivity index (χ3n) is 3.80. The van der Waals surface area contributed by atoms with E-state index in [2.05, 4.69) is 0 Å². The molecule has 24 heavy (non-hydrogen) atoms. The lowest BCUT2D eigenvalue weighted by Gasteiger charge is -2.18. The molecule has 124 valence electrons. The number of hydrogen-bond acceptors (Lipinski definition) is 4. The minimum Gasteiger partial charge on any atom is -0.389 e. The molecule has 1 heterocycles. The number of ether oxygens (including phenoxy) is 1. The number of halogens is 1. The van der Waals surface area contributed by atoms with Crippen LogP contribution in [0.5, 0.6) is 0 Å². The third-order valence-corrected chi connectivity index (χ3v) is 3.80. The number of aliphatic hydroxyl groups excluding tert-OH is 1. The number of β-amino-alcohol motifs (C(OH)–C–C–N with tert-alkyl or cyclic N) is 1. The van der Waals surface area contributed by atoms with Gasteiger partial charge in [-0.3, -0.25) is 14.5 Å². The number of hydrogen-bond donors (Lipinski definition) is 1. The predicted molar refractivity (Wildman–Crippen MR) is 83.9 cm³/mol. The first-order chi connectivity index (χ1) is 11.6. The summed E-state index contributed by atoms with van der Waals surface area (Å²) in [7, 11) is 0. The number of fused-ring (bicyclic) bond motifs is 1. The SMILES string of the molecule is O=C1c2ccccc2C(=O)N1C[C@H](O)COCc1ccccc1F. The topological polar surface area (TPSA) is 66.8 Å². The van der Waals surface area contributed by atoms with E-state index in [0.29, 0.717) is 16.7 Å². The van der Waals surface area contributed by atoms with Gasteiger partial charge in [0, 0.05) is 5.56 Å². The number of aliphatic hydroxyl groups is 1. The number of benzene rings is 2. The standard InChI is InChI=1S/C18H16FNO4/c19-16-8-4-1-5-12(16)10-24-11-13(21)9-20-17(22)14-6-2-3-7-15(14)18(20)23/h1-8,13,21H,9-11H2/t13-/m0/s1. The van der Waals surface area contributed by atoms with E-state index < -0.39 is 17.9 Å². The smallest absolute Gasteiger partial charge is 0.261 e. The van der Waals surface area contributed by atoms with Crippen LogP contribution in [0.15, 0.2) is 48.5 Å². The molecule has 0 aliphatic carbocycles. The first kappa shape index (κ1) is 16.3. The van der Waals surface area contributed by atoms with Crippen molar-refractivity contribution in [3.05, 3.63) is 71.0 Å². The van der Waals surface area contributed by atoms with Crippen LogP contribution in [0.3, 0.4) is 0 Å². The van der Waals surface area contributed by atoms with Gasteiger partial charge in [0.25, 0.3) is 11.8 Å². The Morgan fingerprint density at radius 3 is 2.21 bits per heavy atom. The molecule has 6 heteroatoms. The second-order valence-electron chi connectivity index (χ2n) is 5.53. The van der Waals surface area contributed by atoms with Crippen molar-refractivity contribution in [1.29, 1.82) is 0 Å². The Morgan fingerprint density at radius 2 is 1.58 bits per heavy atom. The molecular weight excluding hydrogens is 313 g/mol. The second kappa shape index (κ2) is 6.90. The highest BCUT2D eigenvalue weighted by Gasteiger charge is 2.36. The van der Waals surface area contributed by atoms with Gasteiger partial charge in [0.15, 0.2) is 0 Å². The van der Waals surface area contributed by atoms with Crippen LogP contribution in [-0.4, -0.2) is 41.1 Å². The summed E-state index contributed by atoms with van der Waals surface area (Å²) in [4.78, 5) is 25.4. The Bertz CT molecular complexity index is 742. The van der Waals surface area contributed by atoms with Crippen LogP contribution in [-0.2, 0) is 11.3 Å². The summed E-state index contributed by atoms with van der Waals surface area (Å²) in [6.45, 7) is -0.267. The van der Waals surface area contributed by atoms with Gasteiger partial charge in [-0.15, -0.1) is 0 Å². The van der Waals surface area contributed by atoms with E-state index in [0.717, 1.165) is 4.90 Å². The summed E-state index contributed by atoms with van der Waals surface area (Å²) in [6, 6.07) is 12.7. The quantitative estimate of drug-likeness (QED) is 0.823. The van der Waals surface area contributed by atoms with Crippen molar-refractivity contribution in [2.75, 3.05) is 13.2 Å². The van der Waals surface area contributed by atoms with Gasteiger partial charge in [-0.1, -0.05) is 30.3 Å². The van der Waals surface area contributed by atoms with Crippen molar-refractivity contribution >= 4 is 11.8 Å². The summed E-state index contributed by atoms with van der Waals surface area (Å²) in [5.74, 6) is -1.24. The van der Waals surface area contributed by atoms with E-state index in [1.165, 1.54) is 6.07 Å². The average molecular weight is 329 g/mol. The largest absolute Gasteiger partial charge is 0.389 e. The summed E-state index contributed by atoms with van der Waals surface area (Å²) in [6.07, 6.45) is -1.04. The molecule has 5 nitrogen and oxygen atoms in total. The molecule has 1 aliphatic heterocycles. The Balaban J connectivity index is 1.54. The van der Waals surface area contributed by atoms with Crippen LogP contribution in [0.4, 0.5) is 4.39 Å². The highest BCUT2D eigenvalue weighted by molar-refractivity contribution is 6.21. The van der Waals surface area contributed by atoms with Gasteiger partial charge >= 0.3 is 0 Å². The highest BCUT2D eigenvalue weighted by atomic mass is 19.1. The molecule has 2 amide bonds. The Labute approximate surface area is 138 Å². The second-order valence-corrected chi connectivity index (χ2v) is 5.53. The molecule has 0 saturated carbocycles. The summed E-state index contributed by atoms with van der Waals surface area (Å²) >= 11 is 0. The zero-order valence-corrected chi connectivity index (χ0v) is 12.8. The van der Waals surface area contributed by atoms with E-state index in [4.69, 9.17) is 4.74 Å². The minimum absolute atomic E-state index is 0.00581. The fourth-order valence-electron chi connectivity index (χ4n) is 2.59. The van der Waals surface area contributed by atoms with Crippen molar-refractivity contribution in [2.45, 2.75) is 12.7 Å². The lowest BCUT2D eigenvalue weighted by molar-refractivity contribution is 0.0113. The molecule has 1 N–H and O–H groups in total. The van der Waals surface area contributed by atoms with E-state index in [9.17, 15) is 19.1 Å². The number of rotatable bonds is 6. The fraction of sp³-hybridized carbons (Fsp3) is 0.222. The third kappa shape index (κ3) is 3.20. The Kier molecular flexibility index (Phi) is 4.69. The molecule has 0 fully saturated rings. The van der Waals surface area contributed by atoms with Gasteiger partial charge in [0.1, 0.15) is 5.82 Å². The predicted octanol–water partition coefficient (Wildman–Crippen LogP) is 2.00. The van der Waals surface area contributed by atoms with Crippen molar-refractivity contribution in [3.8, 4) is 0 Å². The maximum absolute atomic E-state index is 13.5. The lowest BCUT2D eigenvalue weighted by Crippen LogP contribution is -2.38. The highest BCUT2D eigenvalue weighted by Crippen LogP contribution is 2.22. The van der Waals surface area contributed by atoms with E-state index >= 15 is 0 Å². The van der Waals surface area contributed by atoms with Crippen molar-refractivity contribution in [2.24, 2.45) is 0 Å². The van der Waals surface area contributed by atoms with Crippen LogP contribution in [0, 0.1) is 5.82 Å². The molecule has 3 rings (SSSR count). The molecule has 0 radical (unpaired) electrons. The molecule has 0 unspecified atom stereocenters. The summed E-state index contributed by atoms with van der Waals surface area (Å²) < 4.78 is 18.7. The van der Waals surface area contributed by atoms with Crippen LogP contribution in [0.25, 0.3) is 0 Å². The Hall–Kier alpha value is -2.57. The zero-order valence-electron chi connectivity index (χ0n) is 12.8. The number of amides is 2. The van der Waals surface area contributed by atoms with E-state index in [1.54, 1.807) is 42.5 Å². The van der Waals surface area contributed by atoms with Gasteiger partial charge in [-0.25, -0.2) is 4.39 Å². The monoisotopic (exact) mass is 329 g/mol. The first-order valence-electron chi connectivity index (χ1n) is 7.52. The summed E-state index contributed by atoms with van der Waals surface area (Å²) in [5, 5.41) is 10.0. The molecule has 0 aromatic heterocycles. The minimum atomic E-state index is -1.04. The van der Waals surface area contributed by atoms with Gasteiger partial charge < -0.3 is 9.84 Å². The zero-order chi connectivity index (χ0) is 17.1. The molecule has 1 atom stereocenters. The molecule has 0 spiro atoms. The van der Waals surface area contributed by atoms with Gasteiger partial charge in [-0.2, -0.15) is 0 Å². The van der Waals surface area contributed by atoms with Crippen LogP contribution >= 0.6 is 0 Å². The van der Waals surface area contributed by atoms with Crippen LogP contribution < -0.4 is 0 Å². The van der Waals surface area contributed by atoms with Crippen LogP contribution in [0.1, 0.15) is 26.3 Å². The average Bonchev–Trinajstić information content (AvgIpc) is 2.82. The summed E-state index contributed by atoms with van der Waals surface area (Å²) in [5.41, 5.74) is 1.05. The normalized spacial score (nSPS) is 14.8. The van der Waals surface area contributed by atoms with Gasteiger partial charge in [-0.05, 0) is 18.2 Å². The number of carbonyl (C=O) groups excluding carboxylic acids is 2. The molecule has 0 saturated heterocycles. The molecule has 2 aromatic rings. The van der Waals surface area contributed by atoms with Crippen LogP contribution in [0.2, 0.25) is 0 Å². The van der Waals surface area contributed by atoms with Crippen molar-refractivity contribution in [1.82, 2.24) is 4.90 Å². The number of nitrogens with zero attached hydrogens (tertiary/aromatic N) is 1. The van der Waals surface area contributed by atoms with Gasteiger partial charge in [0.2, 0.25) is 0 Å². The maximum Gasteiger partial charge on any atom is 0.261 e. The fourth-order valence-corrected chi connectivity index (χ4v) is 2.59.